The van der Waals surface area contributed by atoms with E-state index >= 15 is 0 Å². The fourth-order valence-corrected chi connectivity index (χ4v) is 2.92. The zero-order valence-corrected chi connectivity index (χ0v) is 12.8. The van der Waals surface area contributed by atoms with E-state index in [9.17, 15) is 14.3 Å². The van der Waals surface area contributed by atoms with Gasteiger partial charge in [-0.05, 0) is 25.0 Å². The minimum atomic E-state index is -0.442. The van der Waals surface area contributed by atoms with Crippen molar-refractivity contribution in [1.82, 2.24) is 4.90 Å². The van der Waals surface area contributed by atoms with Crippen LogP contribution in [0.5, 0.6) is 5.75 Å². The average molecular weight is 310 g/mol. The van der Waals surface area contributed by atoms with Crippen molar-refractivity contribution in [2.75, 3.05) is 25.6 Å². The lowest BCUT2D eigenvalue weighted by atomic mass is 9.94. The number of hydrogen-bond donors (Lipinski definition) is 2. The third-order valence-electron chi connectivity index (χ3n) is 4.02. The molecule has 1 aromatic carbocycles. The highest BCUT2D eigenvalue weighted by atomic mass is 19.1. The molecule has 0 atom stereocenters. The summed E-state index contributed by atoms with van der Waals surface area (Å²) in [5, 5.41) is 11.9. The fraction of sp³-hybridized carbons (Fsp3) is 0.562. The Hall–Kier alpha value is -1.82. The highest BCUT2D eigenvalue weighted by Crippen LogP contribution is 2.27. The molecule has 0 spiro atoms. The van der Waals surface area contributed by atoms with Crippen molar-refractivity contribution in [3.05, 3.63) is 24.0 Å². The molecule has 122 valence electrons. The predicted octanol–water partition coefficient (Wildman–Crippen LogP) is 2.99. The van der Waals surface area contributed by atoms with Crippen LogP contribution in [-0.4, -0.2) is 42.3 Å². The number of nitrogens with zero attached hydrogens (tertiary/aromatic N) is 1. The van der Waals surface area contributed by atoms with Crippen molar-refractivity contribution in [2.24, 2.45) is 0 Å². The van der Waals surface area contributed by atoms with Gasteiger partial charge in [-0.25, -0.2) is 9.18 Å². The Morgan fingerprint density at radius 3 is 2.77 bits per heavy atom. The van der Waals surface area contributed by atoms with Crippen molar-refractivity contribution >= 4 is 11.7 Å². The maximum absolute atomic E-state index is 13.4. The molecule has 5 nitrogen and oxygen atoms in total. The van der Waals surface area contributed by atoms with Crippen LogP contribution in [0.15, 0.2) is 18.2 Å². The van der Waals surface area contributed by atoms with Crippen molar-refractivity contribution in [2.45, 2.75) is 38.1 Å². The zero-order chi connectivity index (χ0) is 15.9. The first-order valence-corrected chi connectivity index (χ1v) is 7.67. The molecular weight excluding hydrogens is 287 g/mol. The van der Waals surface area contributed by atoms with Crippen LogP contribution in [0.3, 0.4) is 0 Å². The molecule has 6 heteroatoms. The van der Waals surface area contributed by atoms with E-state index in [2.05, 4.69) is 5.32 Å². The number of benzene rings is 1. The first-order chi connectivity index (χ1) is 10.7. The van der Waals surface area contributed by atoms with E-state index < -0.39 is 5.82 Å². The number of aliphatic hydroxyl groups is 1. The quantitative estimate of drug-likeness (QED) is 0.879. The van der Waals surface area contributed by atoms with Crippen molar-refractivity contribution in [3.63, 3.8) is 0 Å². The maximum Gasteiger partial charge on any atom is 0.322 e. The van der Waals surface area contributed by atoms with Gasteiger partial charge in [0.1, 0.15) is 11.6 Å². The Morgan fingerprint density at radius 2 is 2.14 bits per heavy atom. The molecule has 1 fully saturated rings. The van der Waals surface area contributed by atoms with Gasteiger partial charge < -0.3 is 20.1 Å². The monoisotopic (exact) mass is 310 g/mol. The Kier molecular flexibility index (Phi) is 6.00. The van der Waals surface area contributed by atoms with Crippen LogP contribution in [0.4, 0.5) is 14.9 Å². The van der Waals surface area contributed by atoms with Gasteiger partial charge in [-0.1, -0.05) is 19.3 Å². The molecule has 0 unspecified atom stereocenters. The van der Waals surface area contributed by atoms with Crippen molar-refractivity contribution in [3.8, 4) is 5.75 Å². The average Bonchev–Trinajstić information content (AvgIpc) is 2.53. The van der Waals surface area contributed by atoms with Crippen LogP contribution in [0.1, 0.15) is 32.1 Å². The van der Waals surface area contributed by atoms with Gasteiger partial charge in [-0.3, -0.25) is 0 Å². The van der Waals surface area contributed by atoms with Crippen LogP contribution in [-0.2, 0) is 0 Å². The number of nitrogens with one attached hydrogen (secondary N) is 1. The van der Waals surface area contributed by atoms with E-state index in [0.29, 0.717) is 11.4 Å². The Morgan fingerprint density at radius 1 is 1.41 bits per heavy atom. The van der Waals surface area contributed by atoms with Gasteiger partial charge >= 0.3 is 6.03 Å². The topological polar surface area (TPSA) is 61.8 Å². The molecule has 0 aliphatic heterocycles. The third kappa shape index (κ3) is 4.10. The summed E-state index contributed by atoms with van der Waals surface area (Å²) in [6.07, 6.45) is 5.23. The molecule has 1 aliphatic carbocycles. The molecule has 22 heavy (non-hydrogen) atoms. The lowest BCUT2D eigenvalue weighted by Crippen LogP contribution is -2.45. The van der Waals surface area contributed by atoms with Gasteiger partial charge in [0.15, 0.2) is 0 Å². The number of methoxy groups -OCH3 is 1. The molecule has 0 heterocycles. The van der Waals surface area contributed by atoms with Crippen molar-refractivity contribution in [1.29, 1.82) is 0 Å². The second-order valence-corrected chi connectivity index (χ2v) is 5.48. The molecule has 2 amide bonds. The Labute approximate surface area is 130 Å². The van der Waals surface area contributed by atoms with Crippen LogP contribution in [0.2, 0.25) is 0 Å². The van der Waals surface area contributed by atoms with Gasteiger partial charge in [0.25, 0.3) is 0 Å². The lowest BCUT2D eigenvalue weighted by Gasteiger charge is -2.34. The number of carbonyl (C=O) groups is 1. The molecule has 0 saturated heterocycles. The molecule has 0 radical (unpaired) electrons. The first kappa shape index (κ1) is 16.5. The van der Waals surface area contributed by atoms with Crippen LogP contribution >= 0.6 is 0 Å². The summed E-state index contributed by atoms with van der Waals surface area (Å²) in [6.45, 7) is 0.179. The second kappa shape index (κ2) is 7.98. The molecule has 2 rings (SSSR count). The summed E-state index contributed by atoms with van der Waals surface area (Å²) in [4.78, 5) is 14.1. The molecule has 2 N–H and O–H groups in total. The van der Waals surface area contributed by atoms with E-state index in [-0.39, 0.29) is 25.2 Å². The van der Waals surface area contributed by atoms with E-state index in [1.165, 1.54) is 31.7 Å². The third-order valence-corrected chi connectivity index (χ3v) is 4.02. The number of carbonyl (C=O) groups excluding carboxylic acids is 1. The molecule has 1 aliphatic rings. The number of amides is 2. The smallest absolute Gasteiger partial charge is 0.322 e. The first-order valence-electron chi connectivity index (χ1n) is 7.67. The van der Waals surface area contributed by atoms with Gasteiger partial charge in [0.05, 0.1) is 19.4 Å². The fourth-order valence-electron chi connectivity index (χ4n) is 2.92. The summed E-state index contributed by atoms with van der Waals surface area (Å²) in [6, 6.07) is 3.78. The normalized spacial score (nSPS) is 15.4. The highest BCUT2D eigenvalue weighted by molar-refractivity contribution is 5.91. The standard InChI is InChI=1S/C16H23FN2O3/c1-22-15-8-7-12(17)11-14(15)18-16(21)19(9-10-20)13-5-3-2-4-6-13/h7-8,11,13,20H,2-6,9-10H2,1H3,(H,18,21). The van der Waals surface area contributed by atoms with Gasteiger partial charge in [0.2, 0.25) is 0 Å². The summed E-state index contributed by atoms with van der Waals surface area (Å²) < 4.78 is 18.5. The Balaban J connectivity index is 2.12. The van der Waals surface area contributed by atoms with E-state index in [1.807, 2.05) is 0 Å². The molecular formula is C16H23FN2O3. The minimum absolute atomic E-state index is 0.0930. The lowest BCUT2D eigenvalue weighted by molar-refractivity contribution is 0.144. The number of halogens is 1. The second-order valence-electron chi connectivity index (χ2n) is 5.48. The van der Waals surface area contributed by atoms with Gasteiger partial charge in [0, 0.05) is 18.7 Å². The summed E-state index contributed by atoms with van der Waals surface area (Å²) in [7, 11) is 1.47. The molecule has 0 aromatic heterocycles. The van der Waals surface area contributed by atoms with Crippen LogP contribution in [0.25, 0.3) is 0 Å². The van der Waals surface area contributed by atoms with Gasteiger partial charge in [-0.2, -0.15) is 0 Å². The molecule has 0 bridgehead atoms. The number of urea groups is 1. The number of rotatable bonds is 5. The number of anilines is 1. The van der Waals surface area contributed by atoms with E-state index in [1.54, 1.807) is 4.90 Å². The summed E-state index contributed by atoms with van der Waals surface area (Å²) in [5.74, 6) is -0.0372. The van der Waals surface area contributed by atoms with Gasteiger partial charge in [-0.15, -0.1) is 0 Å². The van der Waals surface area contributed by atoms with Crippen LogP contribution in [0, 0.1) is 5.82 Å². The molecule has 1 aromatic rings. The maximum atomic E-state index is 13.4. The highest BCUT2D eigenvalue weighted by Gasteiger charge is 2.25. The minimum Gasteiger partial charge on any atom is -0.495 e. The summed E-state index contributed by atoms with van der Waals surface area (Å²) in [5.41, 5.74) is 0.297. The predicted molar refractivity (Wildman–Crippen MR) is 82.6 cm³/mol. The van der Waals surface area contributed by atoms with E-state index in [4.69, 9.17) is 4.74 Å². The summed E-state index contributed by atoms with van der Waals surface area (Å²) >= 11 is 0. The zero-order valence-electron chi connectivity index (χ0n) is 12.8. The van der Waals surface area contributed by atoms with Crippen LogP contribution < -0.4 is 10.1 Å². The number of ether oxygens (including phenoxy) is 1. The number of aliphatic hydroxyl groups excluding tert-OH is 1. The van der Waals surface area contributed by atoms with E-state index in [0.717, 1.165) is 25.7 Å². The SMILES string of the molecule is COc1ccc(F)cc1NC(=O)N(CCO)C1CCCCC1. The Bertz CT molecular complexity index is 504. The van der Waals surface area contributed by atoms with Crippen molar-refractivity contribution < 1.29 is 19.0 Å². The number of hydrogen-bond acceptors (Lipinski definition) is 3. The largest absolute Gasteiger partial charge is 0.495 e. The molecule has 1 saturated carbocycles.